The zero-order valence-electron chi connectivity index (χ0n) is 15.8. The first kappa shape index (κ1) is 18.8. The van der Waals surface area contributed by atoms with Crippen molar-refractivity contribution in [2.45, 2.75) is 25.4 Å². The Balaban J connectivity index is 1.52. The lowest BCUT2D eigenvalue weighted by molar-refractivity contribution is 0.0450. The van der Waals surface area contributed by atoms with Gasteiger partial charge in [-0.05, 0) is 50.6 Å². The molecule has 0 aliphatic carbocycles. The van der Waals surface area contributed by atoms with E-state index in [1.165, 1.54) is 31.2 Å². The lowest BCUT2D eigenvalue weighted by Gasteiger charge is -2.27. The van der Waals surface area contributed by atoms with Crippen molar-refractivity contribution in [1.82, 2.24) is 19.9 Å². The molecule has 2 saturated heterocycles. The number of hydrogen-bond acceptors (Lipinski definition) is 7. The first-order chi connectivity index (χ1) is 13.7. The van der Waals surface area contributed by atoms with E-state index in [4.69, 9.17) is 4.74 Å². The third-order valence-electron chi connectivity index (χ3n) is 5.21. The van der Waals surface area contributed by atoms with Gasteiger partial charge in [-0.15, -0.1) is 0 Å². The molecule has 2 aromatic heterocycles. The molecule has 4 rings (SSSR count). The van der Waals surface area contributed by atoms with E-state index in [1.54, 1.807) is 12.3 Å². The van der Waals surface area contributed by atoms with Gasteiger partial charge in [0.25, 0.3) is 0 Å². The fourth-order valence-electron chi connectivity index (χ4n) is 3.79. The van der Waals surface area contributed by atoms with Crippen LogP contribution in [0.3, 0.4) is 0 Å². The van der Waals surface area contributed by atoms with Crippen LogP contribution in [-0.2, 0) is 4.74 Å². The van der Waals surface area contributed by atoms with Crippen LogP contribution in [0, 0.1) is 0 Å². The van der Waals surface area contributed by atoms with Gasteiger partial charge in [-0.25, -0.2) is 14.8 Å². The van der Waals surface area contributed by atoms with Crippen LogP contribution in [-0.4, -0.2) is 76.4 Å². The summed E-state index contributed by atoms with van der Waals surface area (Å²) in [5, 5.41) is 9.21. The van der Waals surface area contributed by atoms with Crippen LogP contribution in [0.15, 0.2) is 30.6 Å². The second-order valence-corrected chi connectivity index (χ2v) is 7.28. The molecule has 8 nitrogen and oxygen atoms in total. The van der Waals surface area contributed by atoms with E-state index < -0.39 is 5.97 Å². The normalized spacial score (nSPS) is 20.9. The standard InChI is InChI=1S/C20H25N5O3/c26-19(27)15-4-6-21-18(12-15)17-5-7-22-20(23-17)25-10-3-11-28-16(14-25)13-24-8-1-2-9-24/h4-7,12,16H,1-3,8-11,13-14H2,(H,26,27). The summed E-state index contributed by atoms with van der Waals surface area (Å²) < 4.78 is 6.06. The summed E-state index contributed by atoms with van der Waals surface area (Å²) >= 11 is 0. The van der Waals surface area contributed by atoms with Crippen molar-refractivity contribution >= 4 is 11.9 Å². The number of pyridine rings is 1. The minimum absolute atomic E-state index is 0.140. The minimum atomic E-state index is -0.979. The largest absolute Gasteiger partial charge is 0.478 e. The number of carbonyl (C=O) groups is 1. The lowest BCUT2D eigenvalue weighted by Crippen LogP contribution is -2.40. The molecule has 8 heteroatoms. The van der Waals surface area contributed by atoms with Crippen LogP contribution in [0.2, 0.25) is 0 Å². The van der Waals surface area contributed by atoms with Gasteiger partial charge in [0, 0.05) is 38.6 Å². The first-order valence-electron chi connectivity index (χ1n) is 9.81. The number of hydrogen-bond donors (Lipinski definition) is 1. The van der Waals surface area contributed by atoms with Crippen LogP contribution in [0.4, 0.5) is 5.95 Å². The lowest BCUT2D eigenvalue weighted by atomic mass is 10.2. The highest BCUT2D eigenvalue weighted by Gasteiger charge is 2.24. The summed E-state index contributed by atoms with van der Waals surface area (Å²) in [6, 6.07) is 4.77. The molecule has 0 amide bonds. The van der Waals surface area contributed by atoms with Gasteiger partial charge in [0.15, 0.2) is 0 Å². The maximum absolute atomic E-state index is 11.2. The molecular formula is C20H25N5O3. The van der Waals surface area contributed by atoms with E-state index in [-0.39, 0.29) is 11.7 Å². The predicted octanol–water partition coefficient (Wildman–Crippen LogP) is 1.93. The average molecular weight is 383 g/mol. The first-order valence-corrected chi connectivity index (χ1v) is 9.81. The molecule has 0 saturated carbocycles. The molecular weight excluding hydrogens is 358 g/mol. The molecule has 1 atom stereocenters. The molecule has 0 bridgehead atoms. The van der Waals surface area contributed by atoms with Crippen molar-refractivity contribution in [1.29, 1.82) is 0 Å². The Labute approximate surface area is 164 Å². The summed E-state index contributed by atoms with van der Waals surface area (Å²) in [7, 11) is 0. The number of aromatic nitrogens is 3. The molecule has 2 aromatic rings. The topological polar surface area (TPSA) is 91.7 Å². The average Bonchev–Trinajstić information content (AvgIpc) is 3.12. The summed E-state index contributed by atoms with van der Waals surface area (Å²) in [4.78, 5) is 29.3. The maximum Gasteiger partial charge on any atom is 0.335 e. The molecule has 0 spiro atoms. The SMILES string of the molecule is O=C(O)c1ccnc(-c2ccnc(N3CCCOC(CN4CCCC4)C3)n2)c1. The monoisotopic (exact) mass is 383 g/mol. The van der Waals surface area contributed by atoms with E-state index in [0.717, 1.165) is 45.8 Å². The van der Waals surface area contributed by atoms with Crippen molar-refractivity contribution < 1.29 is 14.6 Å². The Kier molecular flexibility index (Phi) is 5.78. The fourth-order valence-corrected chi connectivity index (χ4v) is 3.79. The summed E-state index contributed by atoms with van der Waals surface area (Å²) in [5.74, 6) is -0.343. The van der Waals surface area contributed by atoms with Crippen LogP contribution in [0.1, 0.15) is 29.6 Å². The van der Waals surface area contributed by atoms with Gasteiger partial charge < -0.3 is 19.6 Å². The van der Waals surface area contributed by atoms with Crippen molar-refractivity contribution in [2.24, 2.45) is 0 Å². The van der Waals surface area contributed by atoms with Gasteiger partial charge in [-0.3, -0.25) is 4.98 Å². The zero-order chi connectivity index (χ0) is 19.3. The Morgan fingerprint density at radius 3 is 2.75 bits per heavy atom. The molecule has 1 N–H and O–H groups in total. The van der Waals surface area contributed by atoms with Gasteiger partial charge in [0.05, 0.1) is 23.1 Å². The number of ether oxygens (including phenoxy) is 1. The van der Waals surface area contributed by atoms with Gasteiger partial charge in [-0.1, -0.05) is 0 Å². The highest BCUT2D eigenvalue weighted by atomic mass is 16.5. The molecule has 1 unspecified atom stereocenters. The molecule has 2 aliphatic rings. The smallest absolute Gasteiger partial charge is 0.335 e. The third-order valence-corrected chi connectivity index (χ3v) is 5.21. The summed E-state index contributed by atoms with van der Waals surface area (Å²) in [5.41, 5.74) is 1.34. The molecule has 148 valence electrons. The Morgan fingerprint density at radius 2 is 1.93 bits per heavy atom. The fraction of sp³-hybridized carbons (Fsp3) is 0.500. The third kappa shape index (κ3) is 4.45. The van der Waals surface area contributed by atoms with Crippen LogP contribution in [0.5, 0.6) is 0 Å². The van der Waals surface area contributed by atoms with Crippen LogP contribution < -0.4 is 4.90 Å². The van der Waals surface area contributed by atoms with E-state index in [2.05, 4.69) is 24.8 Å². The van der Waals surface area contributed by atoms with E-state index >= 15 is 0 Å². The molecule has 2 fully saturated rings. The number of aromatic carboxylic acids is 1. The Hall–Kier alpha value is -2.58. The Bertz CT molecular complexity index is 825. The molecule has 4 heterocycles. The van der Waals surface area contributed by atoms with Gasteiger partial charge in [0.2, 0.25) is 5.95 Å². The highest BCUT2D eigenvalue weighted by molar-refractivity contribution is 5.88. The summed E-state index contributed by atoms with van der Waals surface area (Å²) in [6.07, 6.45) is 6.80. The van der Waals surface area contributed by atoms with Gasteiger partial charge >= 0.3 is 5.97 Å². The van der Waals surface area contributed by atoms with Crippen molar-refractivity contribution in [3.8, 4) is 11.4 Å². The maximum atomic E-state index is 11.2. The highest BCUT2D eigenvalue weighted by Crippen LogP contribution is 2.20. The van der Waals surface area contributed by atoms with Crippen LogP contribution in [0.25, 0.3) is 11.4 Å². The van der Waals surface area contributed by atoms with Crippen LogP contribution >= 0.6 is 0 Å². The van der Waals surface area contributed by atoms with Gasteiger partial charge in [-0.2, -0.15) is 0 Å². The molecule has 0 radical (unpaired) electrons. The number of anilines is 1. The van der Waals surface area contributed by atoms with Crippen molar-refractivity contribution in [3.63, 3.8) is 0 Å². The number of likely N-dealkylation sites (tertiary alicyclic amines) is 1. The number of carboxylic acid groups (broad SMARTS) is 1. The quantitative estimate of drug-likeness (QED) is 0.837. The zero-order valence-corrected chi connectivity index (χ0v) is 15.8. The van der Waals surface area contributed by atoms with E-state index in [9.17, 15) is 9.90 Å². The minimum Gasteiger partial charge on any atom is -0.478 e. The second kappa shape index (κ2) is 8.62. The molecule has 2 aliphatic heterocycles. The second-order valence-electron chi connectivity index (χ2n) is 7.28. The number of carboxylic acids is 1. The Morgan fingerprint density at radius 1 is 1.11 bits per heavy atom. The summed E-state index contributed by atoms with van der Waals surface area (Å²) in [6.45, 7) is 5.58. The van der Waals surface area contributed by atoms with Crippen molar-refractivity contribution in [2.75, 3.05) is 44.2 Å². The van der Waals surface area contributed by atoms with E-state index in [1.807, 2.05) is 0 Å². The molecule has 28 heavy (non-hydrogen) atoms. The molecule has 0 aromatic carbocycles. The number of nitrogens with zero attached hydrogens (tertiary/aromatic N) is 5. The van der Waals surface area contributed by atoms with E-state index in [0.29, 0.717) is 17.3 Å². The van der Waals surface area contributed by atoms with Gasteiger partial charge in [0.1, 0.15) is 0 Å². The van der Waals surface area contributed by atoms with Crippen molar-refractivity contribution in [3.05, 3.63) is 36.2 Å². The number of rotatable bonds is 5. The predicted molar refractivity (Wildman–Crippen MR) is 104 cm³/mol.